The highest BCUT2D eigenvalue weighted by molar-refractivity contribution is 9.11. The Hall–Kier alpha value is -1.93. The van der Waals surface area contributed by atoms with E-state index >= 15 is 0 Å². The number of halogens is 1. The van der Waals surface area contributed by atoms with Crippen LogP contribution in [0.5, 0.6) is 0 Å². The van der Waals surface area contributed by atoms with Crippen LogP contribution in [0.1, 0.15) is 28.9 Å². The Bertz CT molecular complexity index is 957. The number of fused-ring (bicyclic) bond motifs is 1. The number of esters is 1. The minimum Gasteiger partial charge on any atom is -0.461 e. The van der Waals surface area contributed by atoms with E-state index in [2.05, 4.69) is 26.0 Å². The van der Waals surface area contributed by atoms with Crippen molar-refractivity contribution in [2.45, 2.75) is 33.3 Å². The fraction of sp³-hybridized carbons (Fsp3) is 0.312. The summed E-state index contributed by atoms with van der Waals surface area (Å²) in [6.07, 6.45) is 0.790. The third kappa shape index (κ3) is 3.59. The number of aromatic amines is 1. The molecule has 0 atom stereocenters. The molecular weight excluding hydrogens is 394 g/mol. The van der Waals surface area contributed by atoms with Gasteiger partial charge >= 0.3 is 5.97 Å². The molecule has 0 saturated carbocycles. The van der Waals surface area contributed by atoms with Gasteiger partial charge in [0.2, 0.25) is 0 Å². The average Bonchev–Trinajstić information content (AvgIpc) is 3.10. The lowest BCUT2D eigenvalue weighted by molar-refractivity contribution is -0.144. The molecule has 24 heavy (non-hydrogen) atoms. The number of nitrogens with zero attached hydrogens (tertiary/aromatic N) is 2. The number of rotatable bonds is 5. The summed E-state index contributed by atoms with van der Waals surface area (Å²) >= 11 is 4.94. The summed E-state index contributed by atoms with van der Waals surface area (Å²) in [4.78, 5) is 27.8. The maximum absolute atomic E-state index is 12.0. The molecule has 0 saturated heterocycles. The number of carbonyl (C=O) groups is 1. The minimum absolute atomic E-state index is 0.191. The molecular formula is C16H16BrN3O3S. The molecule has 3 aromatic heterocycles. The molecule has 6 nitrogen and oxygen atoms in total. The summed E-state index contributed by atoms with van der Waals surface area (Å²) in [7, 11) is 0. The first-order chi connectivity index (χ1) is 11.4. The number of nitrogens with one attached hydrogen (secondary N) is 1. The molecule has 3 aromatic rings. The quantitative estimate of drug-likeness (QED) is 0.656. The maximum Gasteiger partial charge on any atom is 0.306 e. The third-order valence-corrected chi connectivity index (χ3v) is 5.36. The second kappa shape index (κ2) is 6.90. The van der Waals surface area contributed by atoms with Crippen LogP contribution < -0.4 is 5.56 Å². The molecule has 3 heterocycles. The fourth-order valence-corrected chi connectivity index (χ4v) is 3.80. The molecule has 0 bridgehead atoms. The van der Waals surface area contributed by atoms with E-state index in [4.69, 9.17) is 4.74 Å². The zero-order valence-corrected chi connectivity index (χ0v) is 15.7. The molecule has 0 aliphatic carbocycles. The van der Waals surface area contributed by atoms with Gasteiger partial charge in [-0.2, -0.15) is 0 Å². The molecule has 8 heteroatoms. The molecule has 3 rings (SSSR count). The molecule has 126 valence electrons. The number of hydrogen-bond donors (Lipinski definition) is 1. The molecule has 0 spiro atoms. The molecule has 0 amide bonds. The largest absolute Gasteiger partial charge is 0.461 e. The van der Waals surface area contributed by atoms with Crippen molar-refractivity contribution < 1.29 is 9.53 Å². The van der Waals surface area contributed by atoms with Crippen LogP contribution in [0.4, 0.5) is 0 Å². The number of aromatic nitrogens is 3. The second-order valence-corrected chi connectivity index (χ2v) is 7.79. The lowest BCUT2D eigenvalue weighted by Gasteiger charge is -2.11. The summed E-state index contributed by atoms with van der Waals surface area (Å²) in [6, 6.07) is 3.39. The summed E-state index contributed by atoms with van der Waals surface area (Å²) in [5.41, 5.74) is 4.02. The number of aryl methyl sites for hydroxylation is 2. The number of H-pyrrole nitrogens is 1. The zero-order chi connectivity index (χ0) is 17.3. The van der Waals surface area contributed by atoms with Crippen molar-refractivity contribution in [3.63, 3.8) is 0 Å². The summed E-state index contributed by atoms with van der Waals surface area (Å²) in [5.74, 6) is -0.253. The molecule has 0 unspecified atom stereocenters. The number of ether oxygens (including phenoxy) is 1. The molecule has 0 aliphatic rings. The topological polar surface area (TPSA) is 76.5 Å². The van der Waals surface area contributed by atoms with Crippen LogP contribution >= 0.6 is 27.3 Å². The summed E-state index contributed by atoms with van der Waals surface area (Å²) < 4.78 is 7.96. The lowest BCUT2D eigenvalue weighted by Crippen LogP contribution is -2.10. The van der Waals surface area contributed by atoms with E-state index < -0.39 is 0 Å². The van der Waals surface area contributed by atoms with Gasteiger partial charge in [-0.15, -0.1) is 11.3 Å². The van der Waals surface area contributed by atoms with E-state index in [-0.39, 0.29) is 24.6 Å². The van der Waals surface area contributed by atoms with E-state index in [9.17, 15) is 9.59 Å². The van der Waals surface area contributed by atoms with Crippen LogP contribution in [0.25, 0.3) is 5.65 Å². The fourth-order valence-electron chi connectivity index (χ4n) is 2.60. The van der Waals surface area contributed by atoms with Crippen molar-refractivity contribution in [2.24, 2.45) is 0 Å². The van der Waals surface area contributed by atoms with Crippen molar-refractivity contribution in [2.75, 3.05) is 0 Å². The average molecular weight is 410 g/mol. The van der Waals surface area contributed by atoms with Gasteiger partial charge in [0.1, 0.15) is 6.61 Å². The zero-order valence-electron chi connectivity index (χ0n) is 13.3. The predicted octanol–water partition coefficient (Wildman–Crippen LogP) is 3.14. The van der Waals surface area contributed by atoms with Gasteiger partial charge in [0, 0.05) is 29.4 Å². The van der Waals surface area contributed by atoms with Gasteiger partial charge in [0.05, 0.1) is 3.79 Å². The molecule has 0 aromatic carbocycles. The maximum atomic E-state index is 12.0. The Morgan fingerprint density at radius 3 is 2.92 bits per heavy atom. The molecule has 0 fully saturated rings. The first kappa shape index (κ1) is 16.9. The van der Waals surface area contributed by atoms with Gasteiger partial charge in [0.15, 0.2) is 5.65 Å². The summed E-state index contributed by atoms with van der Waals surface area (Å²) in [6.45, 7) is 4.07. The Morgan fingerprint density at radius 2 is 2.21 bits per heavy atom. The van der Waals surface area contributed by atoms with Crippen LogP contribution in [-0.2, 0) is 22.6 Å². The number of carbonyl (C=O) groups excluding carboxylic acids is 1. The van der Waals surface area contributed by atoms with Gasteiger partial charge < -0.3 is 4.74 Å². The van der Waals surface area contributed by atoms with E-state index in [1.807, 2.05) is 25.3 Å². The van der Waals surface area contributed by atoms with Gasteiger partial charge in [-0.3, -0.25) is 14.7 Å². The van der Waals surface area contributed by atoms with Crippen LogP contribution in [0.2, 0.25) is 0 Å². The minimum atomic E-state index is -0.253. The van der Waals surface area contributed by atoms with Crippen molar-refractivity contribution in [1.29, 1.82) is 0 Å². The van der Waals surface area contributed by atoms with Crippen molar-refractivity contribution in [3.05, 3.63) is 54.2 Å². The van der Waals surface area contributed by atoms with E-state index in [1.165, 1.54) is 6.07 Å². The third-order valence-electron chi connectivity index (χ3n) is 3.80. The van der Waals surface area contributed by atoms with Crippen LogP contribution in [-0.4, -0.2) is 20.6 Å². The standard InChI is InChI=1S/C16H16BrN3O3S/c1-9-12(10(2)20-14(18-9)6-15(21)19-20)3-4-16(22)23-7-11-5-13(17)24-8-11/h5-6,8H,3-4,7H2,1-2H3,(H,19,21). The van der Waals surface area contributed by atoms with Gasteiger partial charge in [-0.05, 0) is 53.2 Å². The lowest BCUT2D eigenvalue weighted by atomic mass is 10.1. The molecule has 1 N–H and O–H groups in total. The second-order valence-electron chi connectivity index (χ2n) is 5.49. The smallest absolute Gasteiger partial charge is 0.306 e. The number of hydrogen-bond acceptors (Lipinski definition) is 5. The van der Waals surface area contributed by atoms with Crippen molar-refractivity contribution in [3.8, 4) is 0 Å². The van der Waals surface area contributed by atoms with Crippen LogP contribution in [0.3, 0.4) is 0 Å². The SMILES string of the molecule is Cc1nc2cc(=O)[nH]n2c(C)c1CCC(=O)OCc1csc(Br)c1. The normalized spacial score (nSPS) is 11.1. The predicted molar refractivity (Wildman–Crippen MR) is 95.4 cm³/mol. The van der Waals surface area contributed by atoms with E-state index in [0.717, 1.165) is 26.3 Å². The van der Waals surface area contributed by atoms with Crippen LogP contribution in [0.15, 0.2) is 26.1 Å². The van der Waals surface area contributed by atoms with Gasteiger partial charge in [-0.1, -0.05) is 0 Å². The first-order valence-electron chi connectivity index (χ1n) is 7.40. The Balaban J connectivity index is 1.66. The van der Waals surface area contributed by atoms with E-state index in [0.29, 0.717) is 12.1 Å². The highest BCUT2D eigenvalue weighted by Crippen LogP contribution is 2.21. The highest BCUT2D eigenvalue weighted by atomic mass is 79.9. The highest BCUT2D eigenvalue weighted by Gasteiger charge is 2.13. The first-order valence-corrected chi connectivity index (χ1v) is 9.07. The number of thiophene rings is 1. The Morgan fingerprint density at radius 1 is 1.42 bits per heavy atom. The summed E-state index contributed by atoms with van der Waals surface area (Å²) in [5, 5.41) is 4.66. The Labute approximate surface area is 150 Å². The molecule has 0 aliphatic heterocycles. The van der Waals surface area contributed by atoms with Crippen molar-refractivity contribution >= 4 is 38.9 Å². The van der Waals surface area contributed by atoms with Crippen molar-refractivity contribution in [1.82, 2.24) is 14.6 Å². The molecule has 0 radical (unpaired) electrons. The van der Waals surface area contributed by atoms with E-state index in [1.54, 1.807) is 15.9 Å². The van der Waals surface area contributed by atoms with Gasteiger partial charge in [-0.25, -0.2) is 9.50 Å². The van der Waals surface area contributed by atoms with Crippen LogP contribution in [0, 0.1) is 13.8 Å². The van der Waals surface area contributed by atoms with Gasteiger partial charge in [0.25, 0.3) is 5.56 Å². The Kier molecular flexibility index (Phi) is 4.86. The monoisotopic (exact) mass is 409 g/mol.